The minimum absolute atomic E-state index is 0.616. The van der Waals surface area contributed by atoms with E-state index in [0.717, 1.165) is 0 Å². The highest BCUT2D eigenvalue weighted by Gasteiger charge is 2.16. The molecule has 0 aliphatic carbocycles. The van der Waals surface area contributed by atoms with Gasteiger partial charge in [0.1, 0.15) is 0 Å². The van der Waals surface area contributed by atoms with Gasteiger partial charge in [0.05, 0.1) is 0 Å². The van der Waals surface area contributed by atoms with Crippen LogP contribution in [0.25, 0.3) is 0 Å². The van der Waals surface area contributed by atoms with Gasteiger partial charge < -0.3 is 0 Å². The second-order valence-corrected chi connectivity index (χ2v) is 2.59. The average molecular weight is 118 g/mol. The predicted octanol–water partition coefficient (Wildman–Crippen LogP) is 0.519. The number of nitrogens with one attached hydrogen (secondary N) is 2. The van der Waals surface area contributed by atoms with Crippen LogP contribution in [-0.2, 0) is 0 Å². The van der Waals surface area contributed by atoms with E-state index in [0.29, 0.717) is 12.1 Å². The second kappa shape index (κ2) is 2.03. The zero-order chi connectivity index (χ0) is 5.28. The molecular formula is C4H10N2S. The lowest BCUT2D eigenvalue weighted by Crippen LogP contribution is -2.26. The molecule has 2 nitrogen and oxygen atoms in total. The van der Waals surface area contributed by atoms with Crippen molar-refractivity contribution >= 4 is 12.1 Å². The largest absolute Gasteiger partial charge is 0.246 e. The molecule has 1 heterocycles. The Morgan fingerprint density at radius 2 is 1.57 bits per heavy atom. The first kappa shape index (κ1) is 5.41. The van der Waals surface area contributed by atoms with Crippen molar-refractivity contribution in [2.24, 2.45) is 0 Å². The third-order valence-corrected chi connectivity index (χ3v) is 2.22. The highest BCUT2D eigenvalue weighted by molar-refractivity contribution is 7.95. The number of hydrogen-bond acceptors (Lipinski definition) is 3. The van der Waals surface area contributed by atoms with Gasteiger partial charge in [-0.05, 0) is 13.8 Å². The van der Waals surface area contributed by atoms with Gasteiger partial charge in [0, 0.05) is 24.2 Å². The maximum atomic E-state index is 3.17. The Bertz CT molecular complexity index is 58.7. The van der Waals surface area contributed by atoms with Crippen LogP contribution in [0.3, 0.4) is 0 Å². The molecule has 2 unspecified atom stereocenters. The lowest BCUT2D eigenvalue weighted by molar-refractivity contribution is 0.583. The highest BCUT2D eigenvalue weighted by atomic mass is 32.2. The molecule has 7 heavy (non-hydrogen) atoms. The highest BCUT2D eigenvalue weighted by Crippen LogP contribution is 2.06. The minimum Gasteiger partial charge on any atom is -0.246 e. The molecular weight excluding hydrogens is 108 g/mol. The average Bonchev–Trinajstić information content (AvgIpc) is 1.91. The second-order valence-electron chi connectivity index (χ2n) is 1.92. The van der Waals surface area contributed by atoms with Crippen molar-refractivity contribution in [3.05, 3.63) is 0 Å². The summed E-state index contributed by atoms with van der Waals surface area (Å²) < 4.78 is 6.35. The van der Waals surface area contributed by atoms with Gasteiger partial charge in [-0.2, -0.15) is 0 Å². The van der Waals surface area contributed by atoms with Crippen LogP contribution in [0.15, 0.2) is 0 Å². The molecule has 1 fully saturated rings. The molecule has 0 amide bonds. The third kappa shape index (κ3) is 1.08. The fourth-order valence-corrected chi connectivity index (χ4v) is 1.27. The van der Waals surface area contributed by atoms with Crippen LogP contribution in [0.1, 0.15) is 13.8 Å². The van der Waals surface area contributed by atoms with E-state index in [-0.39, 0.29) is 0 Å². The zero-order valence-electron chi connectivity index (χ0n) is 4.56. The monoisotopic (exact) mass is 118 g/mol. The summed E-state index contributed by atoms with van der Waals surface area (Å²) in [6.45, 7) is 4.33. The minimum atomic E-state index is 0.616. The number of rotatable bonds is 0. The quantitative estimate of drug-likeness (QED) is 0.453. The van der Waals surface area contributed by atoms with Gasteiger partial charge in [-0.3, -0.25) is 0 Å². The Labute approximate surface area is 48.3 Å². The molecule has 1 rings (SSSR count). The van der Waals surface area contributed by atoms with E-state index < -0.39 is 0 Å². The van der Waals surface area contributed by atoms with Crippen molar-refractivity contribution in [3.63, 3.8) is 0 Å². The Morgan fingerprint density at radius 3 is 1.71 bits per heavy atom. The van der Waals surface area contributed by atoms with Gasteiger partial charge in [-0.15, -0.1) is 0 Å². The number of hydrogen-bond donors (Lipinski definition) is 2. The molecule has 2 atom stereocenters. The molecule has 1 aliphatic rings. The maximum Gasteiger partial charge on any atom is 0.0315 e. The van der Waals surface area contributed by atoms with E-state index in [4.69, 9.17) is 0 Å². The fraction of sp³-hybridized carbons (Fsp3) is 1.00. The molecule has 0 aromatic carbocycles. The third-order valence-electron chi connectivity index (χ3n) is 1.24. The van der Waals surface area contributed by atoms with E-state index in [2.05, 4.69) is 23.3 Å². The Hall–Kier alpha value is 0.270. The van der Waals surface area contributed by atoms with Gasteiger partial charge in [-0.1, -0.05) is 0 Å². The van der Waals surface area contributed by atoms with Crippen molar-refractivity contribution in [2.75, 3.05) is 0 Å². The van der Waals surface area contributed by atoms with Crippen LogP contribution in [0.5, 0.6) is 0 Å². The van der Waals surface area contributed by atoms with Crippen molar-refractivity contribution in [2.45, 2.75) is 25.9 Å². The summed E-state index contributed by atoms with van der Waals surface area (Å²) in [6, 6.07) is 1.23. The van der Waals surface area contributed by atoms with E-state index >= 15 is 0 Å². The molecule has 0 bridgehead atoms. The standard InChI is InChI=1S/C4H10N2S/c1-3-4(2)6-7-5-3/h3-6H,1-2H3. The van der Waals surface area contributed by atoms with Crippen LogP contribution >= 0.6 is 12.1 Å². The van der Waals surface area contributed by atoms with Gasteiger partial charge >= 0.3 is 0 Å². The molecule has 2 N–H and O–H groups in total. The summed E-state index contributed by atoms with van der Waals surface area (Å²) in [5, 5.41) is 0. The first-order valence-corrected chi connectivity index (χ1v) is 3.29. The van der Waals surface area contributed by atoms with Crippen LogP contribution in [-0.4, -0.2) is 12.1 Å². The fourth-order valence-electron chi connectivity index (χ4n) is 0.424. The zero-order valence-corrected chi connectivity index (χ0v) is 5.38. The predicted molar refractivity (Wildman–Crippen MR) is 32.8 cm³/mol. The first-order chi connectivity index (χ1) is 3.30. The first-order valence-electron chi connectivity index (χ1n) is 2.47. The Kier molecular flexibility index (Phi) is 1.57. The van der Waals surface area contributed by atoms with Crippen molar-refractivity contribution in [1.29, 1.82) is 0 Å². The van der Waals surface area contributed by atoms with Crippen molar-refractivity contribution in [3.8, 4) is 0 Å². The van der Waals surface area contributed by atoms with Crippen molar-refractivity contribution < 1.29 is 0 Å². The van der Waals surface area contributed by atoms with Crippen LogP contribution in [0.4, 0.5) is 0 Å². The van der Waals surface area contributed by atoms with Gasteiger partial charge in [0.2, 0.25) is 0 Å². The summed E-state index contributed by atoms with van der Waals surface area (Å²) in [6.07, 6.45) is 0. The molecule has 0 saturated carbocycles. The summed E-state index contributed by atoms with van der Waals surface area (Å²) in [4.78, 5) is 0. The van der Waals surface area contributed by atoms with E-state index in [1.165, 1.54) is 0 Å². The SMILES string of the molecule is CC1NSNC1C. The van der Waals surface area contributed by atoms with Crippen LogP contribution in [0.2, 0.25) is 0 Å². The normalized spacial score (nSPS) is 42.0. The Morgan fingerprint density at radius 1 is 1.14 bits per heavy atom. The summed E-state index contributed by atoms with van der Waals surface area (Å²) in [5.74, 6) is 0. The van der Waals surface area contributed by atoms with Gasteiger partial charge in [-0.25, -0.2) is 9.44 Å². The summed E-state index contributed by atoms with van der Waals surface area (Å²) in [7, 11) is 0. The molecule has 1 aliphatic heterocycles. The smallest absolute Gasteiger partial charge is 0.0315 e. The molecule has 3 heteroatoms. The lowest BCUT2D eigenvalue weighted by Gasteiger charge is -2.03. The van der Waals surface area contributed by atoms with Crippen LogP contribution < -0.4 is 9.44 Å². The summed E-state index contributed by atoms with van der Waals surface area (Å²) in [5.41, 5.74) is 0. The van der Waals surface area contributed by atoms with Crippen LogP contribution in [0, 0.1) is 0 Å². The van der Waals surface area contributed by atoms with Gasteiger partial charge in [0.25, 0.3) is 0 Å². The Balaban J connectivity index is 2.33. The molecule has 1 saturated heterocycles. The molecule has 0 spiro atoms. The van der Waals surface area contributed by atoms with Gasteiger partial charge in [0.15, 0.2) is 0 Å². The molecule has 0 radical (unpaired) electrons. The molecule has 42 valence electrons. The maximum absolute atomic E-state index is 3.17. The molecule has 0 aromatic heterocycles. The van der Waals surface area contributed by atoms with Crippen molar-refractivity contribution in [1.82, 2.24) is 9.44 Å². The molecule has 0 aromatic rings. The van der Waals surface area contributed by atoms with E-state index in [1.807, 2.05) is 0 Å². The summed E-state index contributed by atoms with van der Waals surface area (Å²) >= 11 is 1.59. The van der Waals surface area contributed by atoms with E-state index in [9.17, 15) is 0 Å². The topological polar surface area (TPSA) is 24.1 Å². The van der Waals surface area contributed by atoms with E-state index in [1.54, 1.807) is 12.1 Å². The lowest BCUT2D eigenvalue weighted by atomic mass is 10.2.